The third-order valence-electron chi connectivity index (χ3n) is 2.89. The number of carbonyl (C=O) groups is 1. The Balaban J connectivity index is 2.15. The second-order valence-corrected chi connectivity index (χ2v) is 4.04. The number of piperidine rings is 1. The van der Waals surface area contributed by atoms with E-state index in [1.807, 2.05) is 6.92 Å². The van der Waals surface area contributed by atoms with Gasteiger partial charge >= 0.3 is 5.97 Å². The molecule has 0 radical (unpaired) electrons. The number of carbonyl (C=O) groups excluding carboxylic acids is 1. The summed E-state index contributed by atoms with van der Waals surface area (Å²) in [5.74, 6) is -0.0691. The molecule has 0 atom stereocenters. The lowest BCUT2D eigenvalue weighted by atomic mass is 10.1. The Morgan fingerprint density at radius 1 is 1.40 bits per heavy atom. The number of nitrogens with one attached hydrogen (secondary N) is 1. The van der Waals surface area contributed by atoms with Gasteiger partial charge in [-0.3, -0.25) is 4.79 Å². The fourth-order valence-corrected chi connectivity index (χ4v) is 1.88. The topological polar surface area (TPSA) is 40.0 Å². The molecule has 0 bridgehead atoms. The van der Waals surface area contributed by atoms with Crippen molar-refractivity contribution in [3.8, 4) is 0 Å². The first-order chi connectivity index (χ1) is 7.26. The lowest BCUT2D eigenvalue weighted by Gasteiger charge is -2.28. The second-order valence-electron chi connectivity index (χ2n) is 4.04. The summed E-state index contributed by atoms with van der Waals surface area (Å²) in [6, 6.07) is 0. The Labute approximate surface area is 91.5 Å². The minimum atomic E-state index is -0.0691. The van der Waals surface area contributed by atoms with Gasteiger partial charge in [0.2, 0.25) is 0 Å². The quantitative estimate of drug-likeness (QED) is 0.638. The molecule has 0 aromatic heterocycles. The summed E-state index contributed by atoms with van der Waals surface area (Å²) in [4.78, 5) is 12.6. The SMILES string of the molecule is CCC(=O)OC1CC[NH+](CCOC)CC1. The van der Waals surface area contributed by atoms with Crippen molar-refractivity contribution >= 4 is 5.97 Å². The van der Waals surface area contributed by atoms with Gasteiger partial charge in [0.1, 0.15) is 12.6 Å². The van der Waals surface area contributed by atoms with E-state index < -0.39 is 0 Å². The average Bonchev–Trinajstić information content (AvgIpc) is 2.28. The van der Waals surface area contributed by atoms with E-state index in [0.29, 0.717) is 6.42 Å². The van der Waals surface area contributed by atoms with E-state index in [1.54, 1.807) is 12.0 Å². The van der Waals surface area contributed by atoms with E-state index in [-0.39, 0.29) is 12.1 Å². The minimum Gasteiger partial charge on any atom is -0.462 e. The molecule has 1 saturated heterocycles. The zero-order chi connectivity index (χ0) is 11.1. The van der Waals surface area contributed by atoms with Gasteiger partial charge < -0.3 is 14.4 Å². The van der Waals surface area contributed by atoms with Gasteiger partial charge in [-0.05, 0) is 0 Å². The Kier molecular flexibility index (Phi) is 5.65. The molecule has 0 aliphatic carbocycles. The highest BCUT2D eigenvalue weighted by molar-refractivity contribution is 5.69. The van der Waals surface area contributed by atoms with Gasteiger partial charge in [0.15, 0.2) is 0 Å². The smallest absolute Gasteiger partial charge is 0.305 e. The Bertz CT molecular complexity index is 188. The van der Waals surface area contributed by atoms with E-state index in [1.165, 1.54) is 0 Å². The third kappa shape index (κ3) is 4.62. The van der Waals surface area contributed by atoms with Crippen molar-refractivity contribution in [2.45, 2.75) is 32.3 Å². The van der Waals surface area contributed by atoms with E-state index >= 15 is 0 Å². The average molecular weight is 216 g/mol. The minimum absolute atomic E-state index is 0.0691. The van der Waals surface area contributed by atoms with Crippen LogP contribution >= 0.6 is 0 Å². The Hall–Kier alpha value is -0.610. The Morgan fingerprint density at radius 2 is 2.07 bits per heavy atom. The molecular weight excluding hydrogens is 194 g/mol. The molecule has 0 aromatic carbocycles. The van der Waals surface area contributed by atoms with Gasteiger partial charge in [0.05, 0.1) is 19.7 Å². The summed E-state index contributed by atoms with van der Waals surface area (Å²) < 4.78 is 10.4. The molecule has 1 N–H and O–H groups in total. The number of hydrogen-bond donors (Lipinski definition) is 1. The zero-order valence-corrected chi connectivity index (χ0v) is 9.75. The maximum Gasteiger partial charge on any atom is 0.305 e. The molecule has 0 aromatic rings. The fraction of sp³-hybridized carbons (Fsp3) is 0.909. The first kappa shape index (κ1) is 12.5. The normalized spacial score (nSPS) is 26.3. The lowest BCUT2D eigenvalue weighted by molar-refractivity contribution is -0.906. The summed E-state index contributed by atoms with van der Waals surface area (Å²) in [6.45, 7) is 5.89. The predicted octanol–water partition coefficient (Wildman–Crippen LogP) is -0.367. The van der Waals surface area contributed by atoms with Crippen molar-refractivity contribution < 1.29 is 19.2 Å². The van der Waals surface area contributed by atoms with Gasteiger partial charge in [0, 0.05) is 26.4 Å². The molecule has 0 amide bonds. The first-order valence-corrected chi connectivity index (χ1v) is 5.78. The van der Waals surface area contributed by atoms with E-state index in [9.17, 15) is 4.79 Å². The van der Waals surface area contributed by atoms with Crippen molar-refractivity contribution in [3.63, 3.8) is 0 Å². The van der Waals surface area contributed by atoms with Crippen LogP contribution in [0.2, 0.25) is 0 Å². The van der Waals surface area contributed by atoms with Crippen LogP contribution < -0.4 is 4.90 Å². The molecular formula is C11H22NO3+. The summed E-state index contributed by atoms with van der Waals surface area (Å²) >= 11 is 0. The first-order valence-electron chi connectivity index (χ1n) is 5.78. The molecule has 1 heterocycles. The standard InChI is InChI=1S/C11H21NO3/c1-3-11(13)15-10-4-6-12(7-5-10)8-9-14-2/h10H,3-9H2,1-2H3/p+1. The summed E-state index contributed by atoms with van der Waals surface area (Å²) in [5.41, 5.74) is 0. The number of ether oxygens (including phenoxy) is 2. The molecule has 1 aliphatic rings. The molecule has 88 valence electrons. The molecule has 1 fully saturated rings. The number of esters is 1. The van der Waals surface area contributed by atoms with Gasteiger partial charge in [-0.15, -0.1) is 0 Å². The fourth-order valence-electron chi connectivity index (χ4n) is 1.88. The summed E-state index contributed by atoms with van der Waals surface area (Å²) in [7, 11) is 1.73. The van der Waals surface area contributed by atoms with Crippen LogP contribution in [0.25, 0.3) is 0 Å². The van der Waals surface area contributed by atoms with Crippen molar-refractivity contribution in [1.82, 2.24) is 0 Å². The zero-order valence-electron chi connectivity index (χ0n) is 9.75. The number of rotatable bonds is 5. The second kappa shape index (κ2) is 6.80. The van der Waals surface area contributed by atoms with Gasteiger partial charge in [0.25, 0.3) is 0 Å². The van der Waals surface area contributed by atoms with Crippen molar-refractivity contribution in [3.05, 3.63) is 0 Å². The molecule has 15 heavy (non-hydrogen) atoms. The van der Waals surface area contributed by atoms with Gasteiger partial charge in [-0.2, -0.15) is 0 Å². The highest BCUT2D eigenvalue weighted by atomic mass is 16.5. The number of hydrogen-bond acceptors (Lipinski definition) is 3. The summed E-state index contributed by atoms with van der Waals surface area (Å²) in [5, 5.41) is 0. The number of methoxy groups -OCH3 is 1. The van der Waals surface area contributed by atoms with Crippen LogP contribution in [-0.2, 0) is 14.3 Å². The van der Waals surface area contributed by atoms with Crippen molar-refractivity contribution in [2.75, 3.05) is 33.4 Å². The van der Waals surface area contributed by atoms with Crippen LogP contribution in [-0.4, -0.2) is 45.4 Å². The molecule has 4 heteroatoms. The van der Waals surface area contributed by atoms with Gasteiger partial charge in [-0.25, -0.2) is 0 Å². The van der Waals surface area contributed by atoms with Gasteiger partial charge in [-0.1, -0.05) is 6.92 Å². The lowest BCUT2D eigenvalue weighted by Crippen LogP contribution is -3.13. The van der Waals surface area contributed by atoms with E-state index in [2.05, 4.69) is 0 Å². The van der Waals surface area contributed by atoms with Crippen LogP contribution in [0, 0.1) is 0 Å². The van der Waals surface area contributed by atoms with Crippen LogP contribution in [0.5, 0.6) is 0 Å². The summed E-state index contributed by atoms with van der Waals surface area (Å²) in [6.07, 6.45) is 2.62. The van der Waals surface area contributed by atoms with Crippen LogP contribution in [0.15, 0.2) is 0 Å². The van der Waals surface area contributed by atoms with E-state index in [0.717, 1.165) is 39.1 Å². The monoisotopic (exact) mass is 216 g/mol. The third-order valence-corrected chi connectivity index (χ3v) is 2.89. The van der Waals surface area contributed by atoms with Crippen LogP contribution in [0.3, 0.4) is 0 Å². The van der Waals surface area contributed by atoms with E-state index in [4.69, 9.17) is 9.47 Å². The highest BCUT2D eigenvalue weighted by Gasteiger charge is 2.23. The predicted molar refractivity (Wildman–Crippen MR) is 56.8 cm³/mol. The molecule has 1 rings (SSSR count). The molecule has 0 saturated carbocycles. The maximum absolute atomic E-state index is 11.1. The van der Waals surface area contributed by atoms with Crippen molar-refractivity contribution in [2.24, 2.45) is 0 Å². The maximum atomic E-state index is 11.1. The highest BCUT2D eigenvalue weighted by Crippen LogP contribution is 2.06. The molecule has 0 unspecified atom stereocenters. The van der Waals surface area contributed by atoms with Crippen LogP contribution in [0.1, 0.15) is 26.2 Å². The Morgan fingerprint density at radius 3 is 2.60 bits per heavy atom. The largest absolute Gasteiger partial charge is 0.462 e. The molecule has 4 nitrogen and oxygen atoms in total. The van der Waals surface area contributed by atoms with Crippen LogP contribution in [0.4, 0.5) is 0 Å². The molecule has 1 aliphatic heterocycles. The number of likely N-dealkylation sites (tertiary alicyclic amines) is 1. The van der Waals surface area contributed by atoms with Crippen molar-refractivity contribution in [1.29, 1.82) is 0 Å². The number of quaternary nitrogens is 1. The molecule has 0 spiro atoms.